The molecule has 0 amide bonds. The Labute approximate surface area is 96.4 Å². The van der Waals surface area contributed by atoms with Crippen molar-refractivity contribution in [2.75, 3.05) is 13.7 Å². The maximum atomic E-state index is 9.67. The first kappa shape index (κ1) is 11.3. The normalized spacial score (nSPS) is 15.8. The first-order valence-corrected chi connectivity index (χ1v) is 5.86. The molecule has 0 radical (unpaired) electrons. The van der Waals surface area contributed by atoms with E-state index in [2.05, 4.69) is 5.32 Å². The van der Waals surface area contributed by atoms with Crippen molar-refractivity contribution in [3.8, 4) is 11.5 Å². The molecule has 0 saturated heterocycles. The van der Waals surface area contributed by atoms with Crippen LogP contribution in [-0.2, 0) is 6.54 Å². The number of methoxy groups -OCH3 is 1. The Kier molecular flexibility index (Phi) is 3.67. The Bertz CT molecular complexity index is 348. The second kappa shape index (κ2) is 5.21. The van der Waals surface area contributed by atoms with Gasteiger partial charge in [0, 0.05) is 12.1 Å². The Morgan fingerprint density at radius 3 is 2.88 bits per heavy atom. The SMILES string of the molecule is COc1ccc(O)c(CNCC2CCC2)c1. The summed E-state index contributed by atoms with van der Waals surface area (Å²) in [6.07, 6.45) is 4.06. The number of aromatic hydroxyl groups is 1. The molecule has 1 aliphatic carbocycles. The third-order valence-corrected chi connectivity index (χ3v) is 3.26. The largest absolute Gasteiger partial charge is 0.508 e. The minimum atomic E-state index is 0.335. The average molecular weight is 221 g/mol. The predicted octanol–water partition coefficient (Wildman–Crippen LogP) is 2.29. The fourth-order valence-electron chi connectivity index (χ4n) is 1.94. The molecule has 0 bridgehead atoms. The molecule has 3 nitrogen and oxygen atoms in total. The van der Waals surface area contributed by atoms with E-state index < -0.39 is 0 Å². The Morgan fingerprint density at radius 2 is 2.25 bits per heavy atom. The molecule has 3 heteroatoms. The highest BCUT2D eigenvalue weighted by Gasteiger charge is 2.16. The molecule has 1 saturated carbocycles. The number of benzene rings is 1. The van der Waals surface area contributed by atoms with E-state index >= 15 is 0 Å². The summed E-state index contributed by atoms with van der Waals surface area (Å²) in [4.78, 5) is 0. The van der Waals surface area contributed by atoms with Crippen LogP contribution in [0.4, 0.5) is 0 Å². The molecule has 0 aromatic heterocycles. The lowest BCUT2D eigenvalue weighted by Gasteiger charge is -2.25. The molecular weight excluding hydrogens is 202 g/mol. The van der Waals surface area contributed by atoms with Crippen LogP contribution < -0.4 is 10.1 Å². The van der Waals surface area contributed by atoms with Gasteiger partial charge in [-0.1, -0.05) is 6.42 Å². The topological polar surface area (TPSA) is 41.5 Å². The maximum Gasteiger partial charge on any atom is 0.120 e. The van der Waals surface area contributed by atoms with Gasteiger partial charge < -0.3 is 15.2 Å². The summed E-state index contributed by atoms with van der Waals surface area (Å²) in [5.74, 6) is 1.97. The first-order valence-electron chi connectivity index (χ1n) is 5.86. The summed E-state index contributed by atoms with van der Waals surface area (Å²) in [6.45, 7) is 1.76. The number of nitrogens with one attached hydrogen (secondary N) is 1. The zero-order chi connectivity index (χ0) is 11.4. The van der Waals surface area contributed by atoms with Crippen LogP contribution in [-0.4, -0.2) is 18.8 Å². The van der Waals surface area contributed by atoms with E-state index in [-0.39, 0.29) is 0 Å². The summed E-state index contributed by atoms with van der Waals surface area (Å²) in [6, 6.07) is 5.33. The number of phenols is 1. The van der Waals surface area contributed by atoms with Gasteiger partial charge >= 0.3 is 0 Å². The van der Waals surface area contributed by atoms with Gasteiger partial charge in [0.1, 0.15) is 11.5 Å². The molecule has 0 atom stereocenters. The van der Waals surface area contributed by atoms with Crippen molar-refractivity contribution in [1.82, 2.24) is 5.32 Å². The molecule has 88 valence electrons. The monoisotopic (exact) mass is 221 g/mol. The van der Waals surface area contributed by atoms with Gasteiger partial charge in [-0.25, -0.2) is 0 Å². The third-order valence-electron chi connectivity index (χ3n) is 3.26. The van der Waals surface area contributed by atoms with Gasteiger partial charge in [-0.05, 0) is 43.5 Å². The lowest BCUT2D eigenvalue weighted by atomic mass is 9.85. The Balaban J connectivity index is 1.86. The molecular formula is C13H19NO2. The van der Waals surface area contributed by atoms with Crippen LogP contribution in [0.1, 0.15) is 24.8 Å². The minimum absolute atomic E-state index is 0.335. The predicted molar refractivity (Wildman–Crippen MR) is 63.7 cm³/mol. The van der Waals surface area contributed by atoms with Crippen molar-refractivity contribution in [2.24, 2.45) is 5.92 Å². The molecule has 0 spiro atoms. The highest BCUT2D eigenvalue weighted by atomic mass is 16.5. The molecule has 1 aromatic carbocycles. The molecule has 1 aromatic rings. The molecule has 1 fully saturated rings. The Morgan fingerprint density at radius 1 is 1.44 bits per heavy atom. The molecule has 0 heterocycles. The fourth-order valence-corrected chi connectivity index (χ4v) is 1.94. The van der Waals surface area contributed by atoms with Gasteiger partial charge in [-0.3, -0.25) is 0 Å². The van der Waals surface area contributed by atoms with E-state index in [1.807, 2.05) is 6.07 Å². The average Bonchev–Trinajstić information content (AvgIpc) is 2.24. The van der Waals surface area contributed by atoms with Crippen molar-refractivity contribution in [1.29, 1.82) is 0 Å². The van der Waals surface area contributed by atoms with Gasteiger partial charge in [-0.15, -0.1) is 0 Å². The molecule has 2 N–H and O–H groups in total. The lowest BCUT2D eigenvalue weighted by Crippen LogP contribution is -2.26. The quantitative estimate of drug-likeness (QED) is 0.801. The standard InChI is InChI=1S/C13H19NO2/c1-16-12-5-6-13(15)11(7-12)9-14-8-10-3-2-4-10/h5-7,10,14-15H,2-4,8-9H2,1H3. The molecule has 2 rings (SSSR count). The van der Waals surface area contributed by atoms with E-state index in [1.165, 1.54) is 19.3 Å². The van der Waals surface area contributed by atoms with Gasteiger partial charge in [0.05, 0.1) is 7.11 Å². The van der Waals surface area contributed by atoms with Crippen LogP contribution in [0, 0.1) is 5.92 Å². The third kappa shape index (κ3) is 2.67. The number of rotatable bonds is 5. The summed E-state index contributed by atoms with van der Waals surface area (Å²) in [7, 11) is 1.64. The van der Waals surface area contributed by atoms with Gasteiger partial charge in [0.15, 0.2) is 0 Å². The molecule has 0 aliphatic heterocycles. The van der Waals surface area contributed by atoms with E-state index in [0.717, 1.165) is 23.8 Å². The molecule has 0 unspecified atom stereocenters. The van der Waals surface area contributed by atoms with E-state index in [9.17, 15) is 5.11 Å². The van der Waals surface area contributed by atoms with Gasteiger partial charge in [0.2, 0.25) is 0 Å². The summed E-state index contributed by atoms with van der Waals surface area (Å²) in [5.41, 5.74) is 0.902. The Hall–Kier alpha value is -1.22. The van der Waals surface area contributed by atoms with E-state index in [4.69, 9.17) is 4.74 Å². The smallest absolute Gasteiger partial charge is 0.120 e. The molecule has 1 aliphatic rings. The summed E-state index contributed by atoms with van der Waals surface area (Å²) < 4.78 is 5.13. The highest BCUT2D eigenvalue weighted by molar-refractivity contribution is 5.39. The van der Waals surface area contributed by atoms with E-state index in [0.29, 0.717) is 12.3 Å². The number of ether oxygens (including phenoxy) is 1. The van der Waals surface area contributed by atoms with Crippen molar-refractivity contribution in [2.45, 2.75) is 25.8 Å². The zero-order valence-electron chi connectivity index (χ0n) is 9.70. The number of hydrogen-bond donors (Lipinski definition) is 2. The first-order chi connectivity index (χ1) is 7.79. The van der Waals surface area contributed by atoms with Gasteiger partial charge in [-0.2, -0.15) is 0 Å². The van der Waals surface area contributed by atoms with Crippen LogP contribution in [0.3, 0.4) is 0 Å². The van der Waals surface area contributed by atoms with Crippen molar-refractivity contribution >= 4 is 0 Å². The van der Waals surface area contributed by atoms with Crippen LogP contribution in [0.5, 0.6) is 11.5 Å². The van der Waals surface area contributed by atoms with Gasteiger partial charge in [0.25, 0.3) is 0 Å². The van der Waals surface area contributed by atoms with Crippen molar-refractivity contribution in [3.05, 3.63) is 23.8 Å². The van der Waals surface area contributed by atoms with Crippen LogP contribution >= 0.6 is 0 Å². The van der Waals surface area contributed by atoms with Crippen LogP contribution in [0.25, 0.3) is 0 Å². The minimum Gasteiger partial charge on any atom is -0.508 e. The maximum absolute atomic E-state index is 9.67. The lowest BCUT2D eigenvalue weighted by molar-refractivity contribution is 0.300. The van der Waals surface area contributed by atoms with Crippen molar-refractivity contribution < 1.29 is 9.84 Å². The van der Waals surface area contributed by atoms with Crippen molar-refractivity contribution in [3.63, 3.8) is 0 Å². The number of phenolic OH excluding ortho intramolecular Hbond substituents is 1. The zero-order valence-corrected chi connectivity index (χ0v) is 9.70. The van der Waals surface area contributed by atoms with E-state index in [1.54, 1.807) is 19.2 Å². The summed E-state index contributed by atoms with van der Waals surface area (Å²) in [5, 5.41) is 13.1. The fraction of sp³-hybridized carbons (Fsp3) is 0.538. The van der Waals surface area contributed by atoms with Crippen LogP contribution in [0.15, 0.2) is 18.2 Å². The second-order valence-corrected chi connectivity index (χ2v) is 4.42. The summed E-state index contributed by atoms with van der Waals surface area (Å²) >= 11 is 0. The molecule has 16 heavy (non-hydrogen) atoms. The number of hydrogen-bond acceptors (Lipinski definition) is 3. The van der Waals surface area contributed by atoms with Crippen LogP contribution in [0.2, 0.25) is 0 Å². The second-order valence-electron chi connectivity index (χ2n) is 4.42. The highest BCUT2D eigenvalue weighted by Crippen LogP contribution is 2.26.